The molecule has 0 bridgehead atoms. The zero-order valence-electron chi connectivity index (χ0n) is 11.1. The largest absolute Gasteiger partial charge is 0.633 e. The van der Waals surface area contributed by atoms with Crippen molar-refractivity contribution in [2.75, 3.05) is 20.6 Å². The van der Waals surface area contributed by atoms with Gasteiger partial charge < -0.3 is 9.85 Å². The molecule has 0 aliphatic carbocycles. The summed E-state index contributed by atoms with van der Waals surface area (Å²) in [5.41, 5.74) is 0.385. The Balaban J connectivity index is 4.78. The van der Waals surface area contributed by atoms with Crippen molar-refractivity contribution in [3.63, 3.8) is 0 Å². The predicted octanol–water partition coefficient (Wildman–Crippen LogP) is 3.27. The lowest BCUT2D eigenvalue weighted by Gasteiger charge is -2.47. The van der Waals surface area contributed by atoms with Crippen LogP contribution in [-0.4, -0.2) is 25.3 Å². The molecular formula is C12H27NO. The van der Waals surface area contributed by atoms with Crippen LogP contribution in [0.25, 0.3) is 0 Å². The molecule has 0 aliphatic heterocycles. The average molecular weight is 201 g/mol. The Morgan fingerprint density at radius 3 is 1.29 bits per heavy atom. The summed E-state index contributed by atoms with van der Waals surface area (Å²) < 4.78 is -0.195. The third-order valence-electron chi connectivity index (χ3n) is 2.71. The maximum atomic E-state index is 11.7. The molecule has 0 saturated carbocycles. The molecule has 0 saturated heterocycles. The van der Waals surface area contributed by atoms with Crippen LogP contribution in [0.2, 0.25) is 0 Å². The summed E-state index contributed by atoms with van der Waals surface area (Å²) in [6.07, 6.45) is 0. The van der Waals surface area contributed by atoms with E-state index in [2.05, 4.69) is 41.5 Å². The van der Waals surface area contributed by atoms with E-state index in [4.69, 9.17) is 0 Å². The van der Waals surface area contributed by atoms with E-state index in [1.165, 1.54) is 0 Å². The van der Waals surface area contributed by atoms with Gasteiger partial charge in [-0.2, -0.15) is 0 Å². The van der Waals surface area contributed by atoms with E-state index in [0.29, 0.717) is 12.5 Å². The summed E-state index contributed by atoms with van der Waals surface area (Å²) in [5.74, 6) is 0.433. The minimum Gasteiger partial charge on any atom is -0.633 e. The molecule has 0 unspecified atom stereocenters. The second kappa shape index (κ2) is 3.82. The lowest BCUT2D eigenvalue weighted by Crippen LogP contribution is -2.46. The molecule has 2 nitrogen and oxygen atoms in total. The Labute approximate surface area is 89.5 Å². The molecule has 0 atom stereocenters. The Kier molecular flexibility index (Phi) is 3.80. The van der Waals surface area contributed by atoms with Crippen LogP contribution in [0.5, 0.6) is 0 Å². The van der Waals surface area contributed by atoms with Crippen molar-refractivity contribution < 1.29 is 4.65 Å². The molecule has 2 heteroatoms. The Hall–Kier alpha value is -0.0800. The van der Waals surface area contributed by atoms with Crippen LogP contribution in [0.1, 0.15) is 41.5 Å². The van der Waals surface area contributed by atoms with Gasteiger partial charge in [0.1, 0.15) is 0 Å². The van der Waals surface area contributed by atoms with E-state index in [9.17, 15) is 5.21 Å². The van der Waals surface area contributed by atoms with Crippen molar-refractivity contribution >= 4 is 0 Å². The van der Waals surface area contributed by atoms with Crippen LogP contribution in [0.3, 0.4) is 0 Å². The molecule has 0 spiro atoms. The van der Waals surface area contributed by atoms with Crippen molar-refractivity contribution in [1.82, 2.24) is 0 Å². The molecule has 0 aliphatic rings. The van der Waals surface area contributed by atoms with Crippen LogP contribution in [0.4, 0.5) is 0 Å². The van der Waals surface area contributed by atoms with E-state index < -0.39 is 0 Å². The highest BCUT2D eigenvalue weighted by Gasteiger charge is 2.37. The van der Waals surface area contributed by atoms with Crippen molar-refractivity contribution in [2.45, 2.75) is 41.5 Å². The first kappa shape index (κ1) is 13.9. The molecule has 0 aromatic heterocycles. The van der Waals surface area contributed by atoms with Crippen LogP contribution < -0.4 is 0 Å². The van der Waals surface area contributed by atoms with Gasteiger partial charge in [-0.05, 0) is 10.8 Å². The fourth-order valence-corrected chi connectivity index (χ4v) is 2.29. The predicted molar refractivity (Wildman–Crippen MR) is 62.7 cm³/mol. The SMILES string of the molecule is CC(C)(C)C(C[N+](C)(C)[O-])C(C)(C)C. The third-order valence-corrected chi connectivity index (χ3v) is 2.71. The zero-order valence-corrected chi connectivity index (χ0v) is 11.1. The molecule has 0 aromatic rings. The Morgan fingerprint density at radius 2 is 1.21 bits per heavy atom. The van der Waals surface area contributed by atoms with E-state index in [0.717, 1.165) is 0 Å². The van der Waals surface area contributed by atoms with Gasteiger partial charge in [0.2, 0.25) is 0 Å². The van der Waals surface area contributed by atoms with Crippen LogP contribution in [0.15, 0.2) is 0 Å². The lowest BCUT2D eigenvalue weighted by atomic mass is 9.66. The fourth-order valence-electron chi connectivity index (χ4n) is 2.29. The van der Waals surface area contributed by atoms with Gasteiger partial charge in [-0.1, -0.05) is 41.5 Å². The number of quaternary nitrogens is 1. The van der Waals surface area contributed by atoms with Crippen molar-refractivity contribution in [2.24, 2.45) is 16.7 Å². The van der Waals surface area contributed by atoms with Crippen LogP contribution in [-0.2, 0) is 0 Å². The summed E-state index contributed by atoms with van der Waals surface area (Å²) in [6, 6.07) is 0. The highest BCUT2D eigenvalue weighted by atomic mass is 16.5. The molecular weight excluding hydrogens is 174 g/mol. The van der Waals surface area contributed by atoms with Gasteiger partial charge in [0.05, 0.1) is 20.6 Å². The van der Waals surface area contributed by atoms with E-state index in [1.807, 2.05) is 0 Å². The third kappa shape index (κ3) is 4.97. The van der Waals surface area contributed by atoms with Gasteiger partial charge in [-0.3, -0.25) is 0 Å². The molecule has 0 fully saturated rings. The number of hydrogen-bond donors (Lipinski definition) is 0. The summed E-state index contributed by atoms with van der Waals surface area (Å²) >= 11 is 0. The van der Waals surface area contributed by atoms with Crippen LogP contribution >= 0.6 is 0 Å². The zero-order chi connectivity index (χ0) is 11.8. The highest BCUT2D eigenvalue weighted by Crippen LogP contribution is 2.40. The summed E-state index contributed by atoms with van der Waals surface area (Å²) in [5, 5.41) is 11.7. The minimum absolute atomic E-state index is 0.193. The fraction of sp³-hybridized carbons (Fsp3) is 1.00. The van der Waals surface area contributed by atoms with Gasteiger partial charge in [-0.25, -0.2) is 0 Å². The molecule has 86 valence electrons. The second-order valence-corrected chi connectivity index (χ2v) is 7.04. The maximum Gasteiger partial charge on any atom is 0.0818 e. The summed E-state index contributed by atoms with van der Waals surface area (Å²) in [7, 11) is 3.45. The van der Waals surface area contributed by atoms with E-state index >= 15 is 0 Å². The standard InChI is InChI=1S/C12H27NO/c1-11(2,3)10(12(4,5)6)9-13(7,8)14/h10H,9H2,1-8H3. The second-order valence-electron chi connectivity index (χ2n) is 7.04. The number of nitrogens with zero attached hydrogens (tertiary/aromatic N) is 1. The maximum absolute atomic E-state index is 11.7. The number of hydrogen-bond acceptors (Lipinski definition) is 1. The first-order chi connectivity index (χ1) is 5.84. The Bertz CT molecular complexity index is 164. The molecule has 0 rings (SSSR count). The lowest BCUT2D eigenvalue weighted by molar-refractivity contribution is -0.845. The highest BCUT2D eigenvalue weighted by molar-refractivity contribution is 4.83. The quantitative estimate of drug-likeness (QED) is 0.497. The molecule has 0 N–H and O–H groups in total. The minimum atomic E-state index is -0.195. The van der Waals surface area contributed by atoms with Gasteiger partial charge in [0.25, 0.3) is 0 Å². The molecule has 0 heterocycles. The van der Waals surface area contributed by atoms with Crippen molar-refractivity contribution in [3.8, 4) is 0 Å². The first-order valence-corrected chi connectivity index (χ1v) is 5.38. The molecule has 0 aromatic carbocycles. The number of hydroxylamine groups is 3. The monoisotopic (exact) mass is 201 g/mol. The van der Waals surface area contributed by atoms with Crippen molar-refractivity contribution in [1.29, 1.82) is 0 Å². The number of rotatable bonds is 2. The first-order valence-electron chi connectivity index (χ1n) is 5.38. The smallest absolute Gasteiger partial charge is 0.0818 e. The van der Waals surface area contributed by atoms with E-state index in [1.54, 1.807) is 14.1 Å². The van der Waals surface area contributed by atoms with E-state index in [-0.39, 0.29) is 15.5 Å². The Morgan fingerprint density at radius 1 is 0.929 bits per heavy atom. The van der Waals surface area contributed by atoms with Crippen LogP contribution in [0, 0.1) is 22.0 Å². The molecule has 0 radical (unpaired) electrons. The average Bonchev–Trinajstić information content (AvgIpc) is 1.75. The molecule has 0 amide bonds. The topological polar surface area (TPSA) is 23.1 Å². The summed E-state index contributed by atoms with van der Waals surface area (Å²) in [6.45, 7) is 14.0. The summed E-state index contributed by atoms with van der Waals surface area (Å²) in [4.78, 5) is 0. The van der Waals surface area contributed by atoms with Gasteiger partial charge in [0, 0.05) is 5.92 Å². The van der Waals surface area contributed by atoms with Crippen molar-refractivity contribution in [3.05, 3.63) is 5.21 Å². The molecule has 14 heavy (non-hydrogen) atoms. The van der Waals surface area contributed by atoms with Gasteiger partial charge in [-0.15, -0.1) is 0 Å². The van der Waals surface area contributed by atoms with Gasteiger partial charge in [0.15, 0.2) is 0 Å². The normalized spacial score (nSPS) is 15.0. The van der Waals surface area contributed by atoms with Gasteiger partial charge >= 0.3 is 0 Å².